The zero-order valence-corrected chi connectivity index (χ0v) is 14.2. The second-order valence-corrected chi connectivity index (χ2v) is 6.17. The highest BCUT2D eigenvalue weighted by Crippen LogP contribution is 2.30. The molecule has 1 atom stereocenters. The van der Waals surface area contributed by atoms with Crippen LogP contribution in [0.5, 0.6) is 0 Å². The van der Waals surface area contributed by atoms with Crippen LogP contribution in [0.4, 0.5) is 4.39 Å². The first-order valence-electron chi connectivity index (χ1n) is 6.06. The number of rotatable bonds is 4. The minimum atomic E-state index is -0.201. The molecule has 0 fully saturated rings. The van der Waals surface area contributed by atoms with Gasteiger partial charge in [0.15, 0.2) is 0 Å². The molecule has 0 aromatic heterocycles. The van der Waals surface area contributed by atoms with Gasteiger partial charge in [-0.25, -0.2) is 4.39 Å². The Morgan fingerprint density at radius 2 is 1.84 bits per heavy atom. The van der Waals surface area contributed by atoms with Crippen LogP contribution in [-0.4, -0.2) is 6.54 Å². The van der Waals surface area contributed by atoms with Crippen LogP contribution in [0.15, 0.2) is 46.9 Å². The molecule has 0 bridgehead atoms. The van der Waals surface area contributed by atoms with Crippen LogP contribution in [0.2, 0.25) is 0 Å². The van der Waals surface area contributed by atoms with Crippen LogP contribution >= 0.6 is 38.5 Å². The minimum Gasteiger partial charge on any atom is -0.306 e. The number of hydrogen-bond donors (Lipinski definition) is 1. The lowest BCUT2D eigenvalue weighted by atomic mass is 9.98. The van der Waals surface area contributed by atoms with Gasteiger partial charge in [0.25, 0.3) is 0 Å². The van der Waals surface area contributed by atoms with E-state index in [0.717, 1.165) is 15.7 Å². The van der Waals surface area contributed by atoms with Gasteiger partial charge in [0.2, 0.25) is 0 Å². The lowest BCUT2D eigenvalue weighted by Crippen LogP contribution is -2.23. The molecule has 0 saturated carbocycles. The van der Waals surface area contributed by atoms with Crippen molar-refractivity contribution in [1.29, 1.82) is 0 Å². The fraction of sp³-hybridized carbons (Fsp3) is 0.200. The summed E-state index contributed by atoms with van der Waals surface area (Å²) >= 11 is 5.54. The molecule has 19 heavy (non-hydrogen) atoms. The highest BCUT2D eigenvalue weighted by Gasteiger charge is 2.20. The van der Waals surface area contributed by atoms with Crippen molar-refractivity contribution in [2.24, 2.45) is 0 Å². The van der Waals surface area contributed by atoms with Gasteiger partial charge in [-0.2, -0.15) is 0 Å². The molecular weight excluding hydrogens is 420 g/mol. The molecule has 0 aliphatic heterocycles. The Kier molecular flexibility index (Phi) is 5.36. The first-order valence-corrected chi connectivity index (χ1v) is 7.94. The van der Waals surface area contributed by atoms with Crippen molar-refractivity contribution in [2.75, 3.05) is 6.54 Å². The van der Waals surface area contributed by atoms with Crippen LogP contribution in [0.1, 0.15) is 24.1 Å². The number of nitrogens with one attached hydrogen (secondary N) is 1. The predicted molar refractivity (Wildman–Crippen MR) is 88.8 cm³/mol. The quantitative estimate of drug-likeness (QED) is 0.676. The Balaban J connectivity index is 2.52. The Labute approximate surface area is 134 Å². The van der Waals surface area contributed by atoms with Crippen LogP contribution in [0, 0.1) is 9.39 Å². The summed E-state index contributed by atoms with van der Waals surface area (Å²) in [5.74, 6) is -0.201. The summed E-state index contributed by atoms with van der Waals surface area (Å²) in [4.78, 5) is 0. The molecule has 0 aliphatic rings. The summed E-state index contributed by atoms with van der Waals surface area (Å²) in [7, 11) is 0. The molecule has 0 spiro atoms. The van der Waals surface area contributed by atoms with Gasteiger partial charge in [0.05, 0.1) is 10.5 Å². The monoisotopic (exact) mass is 433 g/mol. The zero-order valence-electron chi connectivity index (χ0n) is 10.5. The Bertz CT molecular complexity index is 574. The van der Waals surface area contributed by atoms with Crippen LogP contribution < -0.4 is 5.32 Å². The molecule has 1 unspecified atom stereocenters. The van der Waals surface area contributed by atoms with E-state index in [4.69, 9.17) is 0 Å². The standard InChI is InChI=1S/C15H14BrFIN/c1-2-19-15(10-6-3-4-9-13(10)18)11-7-5-8-12(16)14(11)17/h3-9,15,19H,2H2,1H3. The topological polar surface area (TPSA) is 12.0 Å². The summed E-state index contributed by atoms with van der Waals surface area (Å²) in [6.07, 6.45) is 0. The Morgan fingerprint density at radius 1 is 1.16 bits per heavy atom. The molecule has 2 aromatic rings. The molecular formula is C15H14BrFIN. The van der Waals surface area contributed by atoms with Crippen molar-refractivity contribution < 1.29 is 4.39 Å². The predicted octanol–water partition coefficient (Wildman–Crippen LogP) is 4.89. The highest BCUT2D eigenvalue weighted by atomic mass is 127. The highest BCUT2D eigenvalue weighted by molar-refractivity contribution is 14.1. The molecule has 4 heteroatoms. The molecule has 0 heterocycles. The first-order chi connectivity index (χ1) is 9.15. The van der Waals surface area contributed by atoms with E-state index >= 15 is 0 Å². The van der Waals surface area contributed by atoms with Gasteiger partial charge in [0, 0.05) is 9.13 Å². The summed E-state index contributed by atoms with van der Waals surface area (Å²) in [5, 5.41) is 3.36. The average molecular weight is 434 g/mol. The van der Waals surface area contributed by atoms with Gasteiger partial charge >= 0.3 is 0 Å². The van der Waals surface area contributed by atoms with Crippen molar-refractivity contribution in [2.45, 2.75) is 13.0 Å². The van der Waals surface area contributed by atoms with Gasteiger partial charge in [-0.1, -0.05) is 37.3 Å². The van der Waals surface area contributed by atoms with E-state index in [0.29, 0.717) is 10.0 Å². The maximum Gasteiger partial charge on any atom is 0.142 e. The Morgan fingerprint density at radius 3 is 2.53 bits per heavy atom. The molecule has 0 saturated heterocycles. The van der Waals surface area contributed by atoms with E-state index in [9.17, 15) is 4.39 Å². The van der Waals surface area contributed by atoms with Crippen molar-refractivity contribution in [3.63, 3.8) is 0 Å². The Hall–Kier alpha value is -0.460. The fourth-order valence-corrected chi connectivity index (χ4v) is 3.12. The smallest absolute Gasteiger partial charge is 0.142 e. The van der Waals surface area contributed by atoms with Gasteiger partial charge in [-0.3, -0.25) is 0 Å². The van der Waals surface area contributed by atoms with Crippen LogP contribution in [0.25, 0.3) is 0 Å². The summed E-state index contributed by atoms with van der Waals surface area (Å²) in [5.41, 5.74) is 1.77. The number of halogens is 3. The summed E-state index contributed by atoms with van der Waals surface area (Å²) in [6, 6.07) is 13.3. The normalized spacial score (nSPS) is 12.4. The average Bonchev–Trinajstić information content (AvgIpc) is 2.41. The lowest BCUT2D eigenvalue weighted by molar-refractivity contribution is 0.554. The lowest BCUT2D eigenvalue weighted by Gasteiger charge is -2.21. The van der Waals surface area contributed by atoms with Gasteiger partial charge in [-0.15, -0.1) is 0 Å². The van der Waals surface area contributed by atoms with Crippen molar-refractivity contribution >= 4 is 38.5 Å². The zero-order chi connectivity index (χ0) is 13.8. The van der Waals surface area contributed by atoms with Crippen molar-refractivity contribution in [3.8, 4) is 0 Å². The molecule has 0 amide bonds. The van der Waals surface area contributed by atoms with E-state index < -0.39 is 0 Å². The molecule has 1 nitrogen and oxygen atoms in total. The van der Waals surface area contributed by atoms with Crippen molar-refractivity contribution in [1.82, 2.24) is 5.32 Å². The third kappa shape index (κ3) is 3.35. The van der Waals surface area contributed by atoms with E-state index in [1.165, 1.54) is 0 Å². The van der Waals surface area contributed by atoms with Crippen LogP contribution in [-0.2, 0) is 0 Å². The molecule has 2 rings (SSSR count). The van der Waals surface area contributed by atoms with Gasteiger partial charge < -0.3 is 5.32 Å². The molecule has 1 N–H and O–H groups in total. The van der Waals surface area contributed by atoms with Crippen LogP contribution in [0.3, 0.4) is 0 Å². The third-order valence-corrected chi connectivity index (χ3v) is 4.51. The molecule has 0 radical (unpaired) electrons. The van der Waals surface area contributed by atoms with Gasteiger partial charge in [-0.05, 0) is 62.8 Å². The summed E-state index contributed by atoms with van der Waals surface area (Å²) < 4.78 is 15.9. The summed E-state index contributed by atoms with van der Waals surface area (Å²) in [6.45, 7) is 2.81. The van der Waals surface area contributed by atoms with E-state index in [2.05, 4.69) is 43.8 Å². The molecule has 0 aliphatic carbocycles. The second-order valence-electron chi connectivity index (χ2n) is 4.16. The molecule has 100 valence electrons. The second kappa shape index (κ2) is 6.81. The third-order valence-electron chi connectivity index (χ3n) is 2.92. The molecule has 2 aromatic carbocycles. The largest absolute Gasteiger partial charge is 0.306 e. The van der Waals surface area contributed by atoms with E-state index in [-0.39, 0.29) is 11.9 Å². The maximum absolute atomic E-state index is 14.3. The number of hydrogen-bond acceptors (Lipinski definition) is 1. The first kappa shape index (κ1) is 14.9. The SMILES string of the molecule is CCNC(c1ccccc1I)c1cccc(Br)c1F. The number of benzene rings is 2. The van der Waals surface area contributed by atoms with E-state index in [1.807, 2.05) is 43.3 Å². The fourth-order valence-electron chi connectivity index (χ4n) is 2.04. The van der Waals surface area contributed by atoms with Crippen molar-refractivity contribution in [3.05, 3.63) is 67.5 Å². The minimum absolute atomic E-state index is 0.129. The van der Waals surface area contributed by atoms with E-state index in [1.54, 1.807) is 6.07 Å². The maximum atomic E-state index is 14.3. The van der Waals surface area contributed by atoms with Gasteiger partial charge in [0.1, 0.15) is 5.82 Å².